The first-order valence-electron chi connectivity index (χ1n) is 34.3. The highest BCUT2D eigenvalue weighted by atomic mass is 16.6. The molecule has 1 atom stereocenters. The van der Waals surface area contributed by atoms with Crippen LogP contribution in [0.2, 0.25) is 0 Å². The smallest absolute Gasteiger partial charge is 0.306 e. The minimum absolute atomic E-state index is 0.0963. The van der Waals surface area contributed by atoms with Gasteiger partial charge in [0, 0.05) is 19.3 Å². The average Bonchev–Trinajstić information content (AvgIpc) is 3.49. The molecule has 0 amide bonds. The van der Waals surface area contributed by atoms with Crippen molar-refractivity contribution < 1.29 is 28.6 Å². The van der Waals surface area contributed by atoms with Gasteiger partial charge in [0.15, 0.2) is 6.10 Å². The minimum atomic E-state index is -0.805. The molecule has 0 aromatic heterocycles. The molecule has 0 aliphatic carbocycles. The van der Waals surface area contributed by atoms with Crippen LogP contribution in [0.15, 0.2) is 146 Å². The summed E-state index contributed by atoms with van der Waals surface area (Å²) in [6, 6.07) is 0. The van der Waals surface area contributed by atoms with Gasteiger partial charge in [-0.1, -0.05) is 301 Å². The summed E-state index contributed by atoms with van der Waals surface area (Å²) in [5.41, 5.74) is 0. The van der Waals surface area contributed by atoms with Gasteiger partial charge in [-0.05, 0) is 128 Å². The molecule has 83 heavy (non-hydrogen) atoms. The van der Waals surface area contributed by atoms with Crippen molar-refractivity contribution in [1.29, 1.82) is 0 Å². The third-order valence-electron chi connectivity index (χ3n) is 14.3. The van der Waals surface area contributed by atoms with E-state index in [-0.39, 0.29) is 31.1 Å². The third kappa shape index (κ3) is 68.0. The van der Waals surface area contributed by atoms with E-state index in [0.29, 0.717) is 19.3 Å². The Kier molecular flexibility index (Phi) is 65.8. The summed E-state index contributed by atoms with van der Waals surface area (Å²) in [5, 5.41) is 0. The maximum Gasteiger partial charge on any atom is 0.306 e. The van der Waals surface area contributed by atoms with Gasteiger partial charge < -0.3 is 14.2 Å². The maximum absolute atomic E-state index is 12.9. The number of carbonyl (C=O) groups excluding carboxylic acids is 3. The SMILES string of the molecule is CC/C=C\C/C=C\C/C=C\C/C=C\C/C=C\C/C=C\C/C=C\C/C=C\C/C=C\CCCCCC(=O)OCC(COC(=O)CCCCCCCCCCCCCCC)OC(=O)CCCCCCCC/C=C\C/C=C\C/C=C\CCCCCCC. The summed E-state index contributed by atoms with van der Waals surface area (Å²) < 4.78 is 16.9. The summed E-state index contributed by atoms with van der Waals surface area (Å²) >= 11 is 0. The summed E-state index contributed by atoms with van der Waals surface area (Å²) in [6.07, 6.45) is 100.0. The molecule has 1 unspecified atom stereocenters. The Morgan fingerprint density at radius 2 is 0.470 bits per heavy atom. The number of esters is 3. The van der Waals surface area contributed by atoms with E-state index in [1.54, 1.807) is 0 Å². The van der Waals surface area contributed by atoms with E-state index in [4.69, 9.17) is 14.2 Å². The molecule has 0 aliphatic heterocycles. The largest absolute Gasteiger partial charge is 0.462 e. The average molecular weight is 1150 g/mol. The predicted octanol–water partition coefficient (Wildman–Crippen LogP) is 23.9. The molecule has 6 heteroatoms. The van der Waals surface area contributed by atoms with Crippen molar-refractivity contribution in [2.45, 2.75) is 309 Å². The van der Waals surface area contributed by atoms with Gasteiger partial charge in [0.2, 0.25) is 0 Å². The van der Waals surface area contributed by atoms with E-state index < -0.39 is 6.10 Å². The lowest BCUT2D eigenvalue weighted by Crippen LogP contribution is -2.30. The number of rotatable bonds is 61. The lowest BCUT2D eigenvalue weighted by atomic mass is 10.0. The van der Waals surface area contributed by atoms with Crippen molar-refractivity contribution in [2.24, 2.45) is 0 Å². The second-order valence-electron chi connectivity index (χ2n) is 22.4. The van der Waals surface area contributed by atoms with Gasteiger partial charge >= 0.3 is 17.9 Å². The number of ether oxygens (including phenoxy) is 3. The van der Waals surface area contributed by atoms with Crippen LogP contribution in [-0.4, -0.2) is 37.2 Å². The van der Waals surface area contributed by atoms with Crippen molar-refractivity contribution in [3.05, 3.63) is 146 Å². The zero-order valence-electron chi connectivity index (χ0n) is 53.9. The van der Waals surface area contributed by atoms with E-state index in [9.17, 15) is 14.4 Å². The van der Waals surface area contributed by atoms with Crippen LogP contribution in [-0.2, 0) is 28.6 Å². The van der Waals surface area contributed by atoms with E-state index in [1.165, 1.54) is 116 Å². The van der Waals surface area contributed by atoms with Crippen LogP contribution in [0.5, 0.6) is 0 Å². The molecule has 0 fully saturated rings. The summed E-state index contributed by atoms with van der Waals surface area (Å²) in [5.74, 6) is -0.939. The van der Waals surface area contributed by atoms with Crippen LogP contribution in [0, 0.1) is 0 Å². The zero-order valence-corrected chi connectivity index (χ0v) is 53.9. The second kappa shape index (κ2) is 69.8. The monoisotopic (exact) mass is 1150 g/mol. The molecule has 0 saturated heterocycles. The number of carbonyl (C=O) groups is 3. The van der Waals surface area contributed by atoms with E-state index in [2.05, 4.69) is 167 Å². The molecule has 0 bridgehead atoms. The Morgan fingerprint density at radius 3 is 0.747 bits per heavy atom. The fourth-order valence-electron chi connectivity index (χ4n) is 9.21. The zero-order chi connectivity index (χ0) is 59.9. The Morgan fingerprint density at radius 1 is 0.253 bits per heavy atom. The van der Waals surface area contributed by atoms with Crippen molar-refractivity contribution in [2.75, 3.05) is 13.2 Å². The van der Waals surface area contributed by atoms with Gasteiger partial charge in [-0.15, -0.1) is 0 Å². The molecule has 0 aromatic rings. The number of unbranched alkanes of at least 4 members (excludes halogenated alkanes) is 26. The second-order valence-corrected chi connectivity index (χ2v) is 22.4. The maximum atomic E-state index is 12.9. The lowest BCUT2D eigenvalue weighted by molar-refractivity contribution is -0.167. The third-order valence-corrected chi connectivity index (χ3v) is 14.3. The Balaban J connectivity index is 4.42. The lowest BCUT2D eigenvalue weighted by Gasteiger charge is -2.18. The predicted molar refractivity (Wildman–Crippen MR) is 362 cm³/mol. The molecular weight excluding hydrogens is 1020 g/mol. The van der Waals surface area contributed by atoms with Gasteiger partial charge in [0.1, 0.15) is 13.2 Å². The summed E-state index contributed by atoms with van der Waals surface area (Å²) in [6.45, 7) is 6.49. The van der Waals surface area contributed by atoms with Crippen molar-refractivity contribution in [3.63, 3.8) is 0 Å². The summed E-state index contributed by atoms with van der Waals surface area (Å²) in [7, 11) is 0. The van der Waals surface area contributed by atoms with Gasteiger partial charge in [0.05, 0.1) is 0 Å². The van der Waals surface area contributed by atoms with Crippen LogP contribution in [0.4, 0.5) is 0 Å². The van der Waals surface area contributed by atoms with Gasteiger partial charge in [-0.2, -0.15) is 0 Å². The Labute approximate surface area is 512 Å². The molecule has 0 saturated carbocycles. The van der Waals surface area contributed by atoms with Gasteiger partial charge in [0.25, 0.3) is 0 Å². The Bertz CT molecular complexity index is 1800. The standard InChI is InChI=1S/C77H126O6/c1-4-7-10-13-16-19-22-25-27-29-31-33-34-35-36-37-38-39-40-41-42-44-45-47-49-52-55-58-61-64-67-70-76(79)82-73-74(72-81-75(78)69-66-63-60-57-54-51-24-21-18-15-12-9-6-3)83-77(80)71-68-65-62-59-56-53-50-48-46-43-32-30-28-26-23-20-17-14-11-8-5-2/h7,10,16,19,23,25-27,30-33,35-36,38-39,41-42,45-48,52,55,74H,4-6,8-9,11-15,17-18,20-22,24,28-29,34,37,40,43-44,49-51,53-54,56-73H2,1-3H3/b10-7-,19-16-,26-23-,27-25-,32-30-,33-31-,36-35-,39-38-,42-41-,47-45-,48-46-,55-52-. The van der Waals surface area contributed by atoms with E-state index >= 15 is 0 Å². The minimum Gasteiger partial charge on any atom is -0.462 e. The molecule has 0 aliphatic rings. The van der Waals surface area contributed by atoms with Crippen LogP contribution in [0.3, 0.4) is 0 Å². The molecule has 0 aromatic carbocycles. The van der Waals surface area contributed by atoms with Crippen LogP contribution in [0.25, 0.3) is 0 Å². The van der Waals surface area contributed by atoms with Gasteiger partial charge in [-0.25, -0.2) is 0 Å². The van der Waals surface area contributed by atoms with Crippen molar-refractivity contribution in [3.8, 4) is 0 Å². The first-order valence-corrected chi connectivity index (χ1v) is 34.3. The normalized spacial score (nSPS) is 13.0. The molecule has 0 spiro atoms. The fourth-order valence-corrected chi connectivity index (χ4v) is 9.21. The molecule has 6 nitrogen and oxygen atoms in total. The van der Waals surface area contributed by atoms with Gasteiger partial charge in [-0.3, -0.25) is 14.4 Å². The fraction of sp³-hybridized carbons (Fsp3) is 0.649. The number of allylic oxidation sites excluding steroid dienone is 24. The molecule has 0 N–H and O–H groups in total. The topological polar surface area (TPSA) is 78.9 Å². The molecule has 0 heterocycles. The highest BCUT2D eigenvalue weighted by Crippen LogP contribution is 2.15. The number of hydrogen-bond acceptors (Lipinski definition) is 6. The van der Waals surface area contributed by atoms with Crippen molar-refractivity contribution >= 4 is 17.9 Å². The first-order chi connectivity index (χ1) is 41.0. The first kappa shape index (κ1) is 78.3. The summed E-state index contributed by atoms with van der Waals surface area (Å²) in [4.78, 5) is 38.4. The molecule has 0 rings (SSSR count). The molecule has 0 radical (unpaired) electrons. The molecule has 470 valence electrons. The van der Waals surface area contributed by atoms with Crippen LogP contribution < -0.4 is 0 Å². The quantitative estimate of drug-likeness (QED) is 0.0261. The van der Waals surface area contributed by atoms with E-state index in [1.807, 2.05) is 0 Å². The number of hydrogen-bond donors (Lipinski definition) is 0. The van der Waals surface area contributed by atoms with Crippen LogP contribution in [0.1, 0.15) is 303 Å². The highest BCUT2D eigenvalue weighted by molar-refractivity contribution is 5.71. The Hall–Kier alpha value is -4.71. The van der Waals surface area contributed by atoms with E-state index in [0.717, 1.165) is 148 Å². The molecular formula is C77H126O6. The van der Waals surface area contributed by atoms with Crippen molar-refractivity contribution in [1.82, 2.24) is 0 Å². The highest BCUT2D eigenvalue weighted by Gasteiger charge is 2.19. The van der Waals surface area contributed by atoms with Crippen LogP contribution >= 0.6 is 0 Å².